The third kappa shape index (κ3) is 3.73. The molecule has 16 heavy (non-hydrogen) atoms. The van der Waals surface area contributed by atoms with Crippen LogP contribution in [0.2, 0.25) is 0 Å². The Morgan fingerprint density at radius 1 is 1.62 bits per heavy atom. The molecule has 1 amide bonds. The highest BCUT2D eigenvalue weighted by atomic mass is 16.5. The first-order valence-electron chi connectivity index (χ1n) is 5.86. The van der Waals surface area contributed by atoms with Crippen LogP contribution in [0.3, 0.4) is 0 Å². The van der Waals surface area contributed by atoms with Gasteiger partial charge in [-0.15, -0.1) is 0 Å². The monoisotopic (exact) mass is 230 g/mol. The predicted octanol–water partition coefficient (Wildman–Crippen LogP) is 0.0339. The fourth-order valence-electron chi connectivity index (χ4n) is 1.83. The van der Waals surface area contributed by atoms with Crippen LogP contribution in [0.25, 0.3) is 0 Å². The van der Waals surface area contributed by atoms with Crippen LogP contribution in [0, 0.1) is 0 Å². The van der Waals surface area contributed by atoms with Gasteiger partial charge in [-0.1, -0.05) is 6.92 Å². The fourth-order valence-corrected chi connectivity index (χ4v) is 1.83. The lowest BCUT2D eigenvalue weighted by atomic mass is 10.1. The molecular formula is C11H22N2O3. The maximum atomic E-state index is 11.8. The molecule has 0 bridgehead atoms. The first-order valence-corrected chi connectivity index (χ1v) is 5.86. The van der Waals surface area contributed by atoms with Gasteiger partial charge in [-0.2, -0.15) is 0 Å². The minimum Gasteiger partial charge on any atom is -0.383 e. The van der Waals surface area contributed by atoms with E-state index in [1.165, 1.54) is 0 Å². The summed E-state index contributed by atoms with van der Waals surface area (Å²) in [6, 6.07) is 0.0676. The van der Waals surface area contributed by atoms with Gasteiger partial charge in [0.15, 0.2) is 0 Å². The van der Waals surface area contributed by atoms with E-state index in [0.717, 1.165) is 19.3 Å². The van der Waals surface area contributed by atoms with Crippen LogP contribution in [0.4, 0.5) is 0 Å². The van der Waals surface area contributed by atoms with Crippen molar-refractivity contribution in [1.82, 2.24) is 5.32 Å². The van der Waals surface area contributed by atoms with Gasteiger partial charge in [0.1, 0.15) is 6.10 Å². The lowest BCUT2D eigenvalue weighted by Gasteiger charge is -2.19. The van der Waals surface area contributed by atoms with Crippen molar-refractivity contribution in [2.75, 3.05) is 20.3 Å². The fraction of sp³-hybridized carbons (Fsp3) is 0.909. The molecule has 0 aromatic carbocycles. The molecule has 94 valence electrons. The number of methoxy groups -OCH3 is 1. The van der Waals surface area contributed by atoms with Crippen LogP contribution in [0.5, 0.6) is 0 Å². The molecular weight excluding hydrogens is 208 g/mol. The van der Waals surface area contributed by atoms with E-state index in [1.807, 2.05) is 6.92 Å². The van der Waals surface area contributed by atoms with E-state index in [1.54, 1.807) is 7.11 Å². The molecule has 1 heterocycles. The van der Waals surface area contributed by atoms with Gasteiger partial charge in [0.2, 0.25) is 5.91 Å². The SMILES string of the molecule is CCC(COC)NC(=O)[C@@H]1CC[C@H](CN)O1. The van der Waals surface area contributed by atoms with Crippen molar-refractivity contribution in [3.63, 3.8) is 0 Å². The van der Waals surface area contributed by atoms with Crippen LogP contribution < -0.4 is 11.1 Å². The molecule has 5 nitrogen and oxygen atoms in total. The zero-order valence-corrected chi connectivity index (χ0v) is 10.1. The van der Waals surface area contributed by atoms with E-state index in [0.29, 0.717) is 13.2 Å². The van der Waals surface area contributed by atoms with Crippen molar-refractivity contribution in [3.8, 4) is 0 Å². The van der Waals surface area contributed by atoms with Gasteiger partial charge in [-0.25, -0.2) is 0 Å². The van der Waals surface area contributed by atoms with Crippen LogP contribution in [-0.2, 0) is 14.3 Å². The van der Waals surface area contributed by atoms with Gasteiger partial charge in [0.25, 0.3) is 0 Å². The van der Waals surface area contributed by atoms with Gasteiger partial charge in [0.05, 0.1) is 18.8 Å². The predicted molar refractivity (Wildman–Crippen MR) is 61.0 cm³/mol. The van der Waals surface area contributed by atoms with Crippen molar-refractivity contribution >= 4 is 5.91 Å². The summed E-state index contributed by atoms with van der Waals surface area (Å²) in [5.41, 5.74) is 5.49. The summed E-state index contributed by atoms with van der Waals surface area (Å²) in [5.74, 6) is -0.0418. The lowest BCUT2D eigenvalue weighted by Crippen LogP contribution is -2.43. The Morgan fingerprint density at radius 3 is 2.88 bits per heavy atom. The largest absolute Gasteiger partial charge is 0.383 e. The standard InChI is InChI=1S/C11H22N2O3/c1-3-8(7-15-2)13-11(14)10-5-4-9(6-12)16-10/h8-10H,3-7,12H2,1-2H3,(H,13,14)/t8?,9-,10+/m1/s1. The van der Waals surface area contributed by atoms with Crippen LogP contribution in [0.1, 0.15) is 26.2 Å². The summed E-state index contributed by atoms with van der Waals surface area (Å²) >= 11 is 0. The number of ether oxygens (including phenoxy) is 2. The smallest absolute Gasteiger partial charge is 0.249 e. The minimum absolute atomic E-state index is 0.0400. The summed E-state index contributed by atoms with van der Waals surface area (Å²) in [5, 5.41) is 2.92. The van der Waals surface area contributed by atoms with Crippen LogP contribution in [-0.4, -0.2) is 44.4 Å². The molecule has 1 unspecified atom stereocenters. The van der Waals surface area contributed by atoms with Gasteiger partial charge in [-0.05, 0) is 19.3 Å². The Morgan fingerprint density at radius 2 is 2.38 bits per heavy atom. The quantitative estimate of drug-likeness (QED) is 0.675. The second-order valence-corrected chi connectivity index (χ2v) is 4.13. The Balaban J connectivity index is 2.34. The van der Waals surface area contributed by atoms with Crippen LogP contribution >= 0.6 is 0 Å². The van der Waals surface area contributed by atoms with E-state index in [4.69, 9.17) is 15.2 Å². The normalized spacial score (nSPS) is 26.7. The first kappa shape index (κ1) is 13.4. The Hall–Kier alpha value is -0.650. The maximum absolute atomic E-state index is 11.8. The van der Waals surface area contributed by atoms with Gasteiger partial charge >= 0.3 is 0 Å². The average molecular weight is 230 g/mol. The molecule has 5 heteroatoms. The van der Waals surface area contributed by atoms with E-state index in [9.17, 15) is 4.79 Å². The van der Waals surface area contributed by atoms with Crippen molar-refractivity contribution in [2.24, 2.45) is 5.73 Å². The van der Waals surface area contributed by atoms with Gasteiger partial charge in [-0.3, -0.25) is 4.79 Å². The Bertz CT molecular complexity index is 223. The highest BCUT2D eigenvalue weighted by molar-refractivity contribution is 5.81. The molecule has 0 radical (unpaired) electrons. The molecule has 1 saturated heterocycles. The molecule has 1 aliphatic heterocycles. The molecule has 1 rings (SSSR count). The second-order valence-electron chi connectivity index (χ2n) is 4.13. The van der Waals surface area contributed by atoms with E-state index in [2.05, 4.69) is 5.32 Å². The molecule has 3 atom stereocenters. The van der Waals surface area contributed by atoms with Crippen molar-refractivity contribution < 1.29 is 14.3 Å². The summed E-state index contributed by atoms with van der Waals surface area (Å²) in [6.07, 6.45) is 2.19. The Kier molecular flexibility index (Phi) is 5.73. The van der Waals surface area contributed by atoms with E-state index in [-0.39, 0.29) is 24.2 Å². The summed E-state index contributed by atoms with van der Waals surface area (Å²) in [6.45, 7) is 3.04. The molecule has 0 aliphatic carbocycles. The molecule has 1 fully saturated rings. The molecule has 3 N–H and O–H groups in total. The maximum Gasteiger partial charge on any atom is 0.249 e. The average Bonchev–Trinajstić information content (AvgIpc) is 2.76. The number of rotatable bonds is 6. The third-order valence-corrected chi connectivity index (χ3v) is 2.87. The first-order chi connectivity index (χ1) is 7.71. The molecule has 0 aromatic heterocycles. The number of amides is 1. The molecule has 1 aliphatic rings. The van der Waals surface area contributed by atoms with E-state index < -0.39 is 0 Å². The number of carbonyl (C=O) groups is 1. The Labute approximate surface area is 96.7 Å². The number of carbonyl (C=O) groups excluding carboxylic acids is 1. The number of nitrogens with one attached hydrogen (secondary N) is 1. The second kappa shape index (κ2) is 6.83. The van der Waals surface area contributed by atoms with Gasteiger partial charge in [0, 0.05) is 13.7 Å². The summed E-state index contributed by atoms with van der Waals surface area (Å²) < 4.78 is 10.5. The number of hydrogen-bond acceptors (Lipinski definition) is 4. The zero-order chi connectivity index (χ0) is 12.0. The highest BCUT2D eigenvalue weighted by Crippen LogP contribution is 2.19. The summed E-state index contributed by atoms with van der Waals surface area (Å²) in [4.78, 5) is 11.8. The van der Waals surface area contributed by atoms with Crippen molar-refractivity contribution in [2.45, 2.75) is 44.4 Å². The van der Waals surface area contributed by atoms with Crippen LogP contribution in [0.15, 0.2) is 0 Å². The highest BCUT2D eigenvalue weighted by Gasteiger charge is 2.30. The van der Waals surface area contributed by atoms with E-state index >= 15 is 0 Å². The van der Waals surface area contributed by atoms with Crippen molar-refractivity contribution in [1.29, 1.82) is 0 Å². The minimum atomic E-state index is -0.334. The van der Waals surface area contributed by atoms with Gasteiger partial charge < -0.3 is 20.5 Å². The molecule has 0 spiro atoms. The lowest BCUT2D eigenvalue weighted by molar-refractivity contribution is -0.133. The van der Waals surface area contributed by atoms with Crippen molar-refractivity contribution in [3.05, 3.63) is 0 Å². The topological polar surface area (TPSA) is 73.6 Å². The third-order valence-electron chi connectivity index (χ3n) is 2.87. The number of hydrogen-bond donors (Lipinski definition) is 2. The molecule has 0 aromatic rings. The number of nitrogens with two attached hydrogens (primary N) is 1. The molecule has 0 saturated carbocycles. The zero-order valence-electron chi connectivity index (χ0n) is 10.1. The summed E-state index contributed by atoms with van der Waals surface area (Å²) in [7, 11) is 1.63.